The average Bonchev–Trinajstić information content (AvgIpc) is 2.00. The molecule has 1 fully saturated rings. The molecule has 5 heteroatoms. The molecule has 68 valence electrons. The largest absolute Gasteiger partial charge is 0.384 e. The lowest BCUT2D eigenvalue weighted by molar-refractivity contribution is -0.145. The molecule has 0 N–H and O–H groups in total. The Morgan fingerprint density at radius 1 is 1.67 bits per heavy atom. The van der Waals surface area contributed by atoms with Crippen LogP contribution in [0.1, 0.15) is 6.42 Å². The maximum atomic E-state index is 8.08. The average molecular weight is 171 g/mol. The molecule has 0 atom stereocenters. The topological polar surface area (TPSA) is 67.2 Å². The van der Waals surface area contributed by atoms with Crippen LogP contribution in [-0.2, 0) is 9.47 Å². The highest BCUT2D eigenvalue weighted by Crippen LogP contribution is 2.31. The lowest BCUT2D eigenvalue weighted by Gasteiger charge is -2.40. The van der Waals surface area contributed by atoms with Gasteiger partial charge in [-0.05, 0) is 12.0 Å². The van der Waals surface area contributed by atoms with Gasteiger partial charge in [-0.15, -0.1) is 0 Å². The second-order valence-corrected chi connectivity index (χ2v) is 3.13. The number of hydrogen-bond acceptors (Lipinski definition) is 3. The Balaban J connectivity index is 2.28. The van der Waals surface area contributed by atoms with Crippen molar-refractivity contribution < 1.29 is 9.47 Å². The minimum absolute atomic E-state index is 0.114. The summed E-state index contributed by atoms with van der Waals surface area (Å²) in [4.78, 5) is 2.70. The molecule has 0 saturated carbocycles. The lowest BCUT2D eigenvalue weighted by Crippen LogP contribution is -2.46. The van der Waals surface area contributed by atoms with Crippen molar-refractivity contribution in [3.05, 3.63) is 10.4 Å². The van der Waals surface area contributed by atoms with Crippen molar-refractivity contribution in [1.29, 1.82) is 0 Å². The van der Waals surface area contributed by atoms with Crippen LogP contribution >= 0.6 is 0 Å². The highest BCUT2D eigenvalue weighted by atomic mass is 16.5. The quantitative estimate of drug-likeness (QED) is 0.356. The van der Waals surface area contributed by atoms with Gasteiger partial charge in [-0.25, -0.2) is 0 Å². The summed E-state index contributed by atoms with van der Waals surface area (Å²) in [6, 6.07) is 0. The number of methoxy groups -OCH3 is 1. The van der Waals surface area contributed by atoms with E-state index in [0.717, 1.165) is 19.6 Å². The summed E-state index contributed by atoms with van der Waals surface area (Å²) in [5.74, 6) is 0. The minimum atomic E-state index is 0.114. The first-order valence-electron chi connectivity index (χ1n) is 3.90. The minimum Gasteiger partial charge on any atom is -0.384 e. The van der Waals surface area contributed by atoms with Gasteiger partial charge in [0.25, 0.3) is 0 Å². The van der Waals surface area contributed by atoms with Crippen LogP contribution in [0.25, 0.3) is 10.4 Å². The highest BCUT2D eigenvalue weighted by Gasteiger charge is 2.37. The molecular formula is C7H13N3O2. The molecule has 0 amide bonds. The van der Waals surface area contributed by atoms with E-state index in [-0.39, 0.29) is 5.41 Å². The van der Waals surface area contributed by atoms with Crippen LogP contribution in [0.5, 0.6) is 0 Å². The molecule has 0 spiro atoms. The van der Waals surface area contributed by atoms with Gasteiger partial charge in [0.05, 0.1) is 19.8 Å². The number of azide groups is 1. The molecule has 0 unspecified atom stereocenters. The van der Waals surface area contributed by atoms with E-state index < -0.39 is 0 Å². The molecule has 12 heavy (non-hydrogen) atoms. The zero-order chi connectivity index (χ0) is 8.86. The Bertz CT molecular complexity index is 185. The second-order valence-electron chi connectivity index (χ2n) is 3.13. The summed E-state index contributed by atoms with van der Waals surface area (Å²) in [5.41, 5.74) is 8.19. The molecule has 0 aromatic rings. The molecule has 0 aliphatic carbocycles. The van der Waals surface area contributed by atoms with E-state index in [2.05, 4.69) is 10.0 Å². The number of hydrogen-bond donors (Lipinski definition) is 0. The number of ether oxygens (including phenoxy) is 2. The first kappa shape index (κ1) is 9.32. The van der Waals surface area contributed by atoms with Crippen LogP contribution in [0.4, 0.5) is 0 Å². The fourth-order valence-corrected chi connectivity index (χ4v) is 1.33. The third-order valence-corrected chi connectivity index (χ3v) is 2.07. The predicted octanol–water partition coefficient (Wildman–Crippen LogP) is 1.35. The molecule has 1 aliphatic rings. The van der Waals surface area contributed by atoms with Gasteiger partial charge in [-0.3, -0.25) is 0 Å². The monoisotopic (exact) mass is 171 g/mol. The van der Waals surface area contributed by atoms with Crippen LogP contribution in [-0.4, -0.2) is 33.5 Å². The Morgan fingerprint density at radius 2 is 2.42 bits per heavy atom. The normalized spacial score (nSPS) is 19.4. The van der Waals surface area contributed by atoms with Crippen molar-refractivity contribution in [1.82, 2.24) is 0 Å². The van der Waals surface area contributed by atoms with Crippen LogP contribution in [0.3, 0.4) is 0 Å². The summed E-state index contributed by atoms with van der Waals surface area (Å²) in [6.45, 7) is 2.67. The van der Waals surface area contributed by atoms with Crippen LogP contribution in [0.2, 0.25) is 0 Å². The van der Waals surface area contributed by atoms with Crippen molar-refractivity contribution >= 4 is 0 Å². The van der Waals surface area contributed by atoms with Gasteiger partial charge in [0.1, 0.15) is 0 Å². The second kappa shape index (κ2) is 4.30. The van der Waals surface area contributed by atoms with Gasteiger partial charge in [-0.1, -0.05) is 5.11 Å². The summed E-state index contributed by atoms with van der Waals surface area (Å²) in [7, 11) is 1.67. The molecule has 0 radical (unpaired) electrons. The van der Waals surface area contributed by atoms with E-state index in [1.807, 2.05) is 0 Å². The summed E-state index contributed by atoms with van der Waals surface area (Å²) < 4.78 is 10.2. The lowest BCUT2D eigenvalue weighted by atomic mass is 9.83. The van der Waals surface area contributed by atoms with Crippen molar-refractivity contribution in [2.75, 3.05) is 33.5 Å². The molecule has 0 aromatic carbocycles. The smallest absolute Gasteiger partial charge is 0.0567 e. The van der Waals surface area contributed by atoms with Crippen molar-refractivity contribution in [2.24, 2.45) is 10.5 Å². The summed E-state index contributed by atoms with van der Waals surface area (Å²) in [6.07, 6.45) is 0.852. The van der Waals surface area contributed by atoms with Gasteiger partial charge in [0, 0.05) is 24.0 Å². The fourth-order valence-electron chi connectivity index (χ4n) is 1.33. The standard InChI is InChI=1S/C7H13N3O2/c1-11-4-7(5-12-6-7)2-3-9-10-8/h2-6H2,1H3. The molecule has 5 nitrogen and oxygen atoms in total. The van der Waals surface area contributed by atoms with Gasteiger partial charge in [0.15, 0.2) is 0 Å². The Kier molecular flexibility index (Phi) is 3.34. The van der Waals surface area contributed by atoms with E-state index in [4.69, 9.17) is 15.0 Å². The van der Waals surface area contributed by atoms with Crippen molar-refractivity contribution in [3.63, 3.8) is 0 Å². The number of rotatable bonds is 5. The Hall–Kier alpha value is -0.770. The Morgan fingerprint density at radius 3 is 2.83 bits per heavy atom. The van der Waals surface area contributed by atoms with Crippen LogP contribution in [0.15, 0.2) is 5.11 Å². The molecule has 0 aromatic heterocycles. The molecule has 1 rings (SSSR count). The third kappa shape index (κ3) is 2.11. The highest BCUT2D eigenvalue weighted by molar-refractivity contribution is 4.85. The zero-order valence-electron chi connectivity index (χ0n) is 7.19. The molecule has 1 aliphatic heterocycles. The summed E-state index contributed by atoms with van der Waals surface area (Å²) >= 11 is 0. The molecular weight excluding hydrogens is 158 g/mol. The van der Waals surface area contributed by atoms with E-state index in [1.54, 1.807) is 7.11 Å². The fraction of sp³-hybridized carbons (Fsp3) is 1.00. The maximum Gasteiger partial charge on any atom is 0.0567 e. The van der Waals surface area contributed by atoms with Crippen LogP contribution < -0.4 is 0 Å². The van der Waals surface area contributed by atoms with Gasteiger partial charge in [0.2, 0.25) is 0 Å². The third-order valence-electron chi connectivity index (χ3n) is 2.07. The Labute approximate surface area is 71.3 Å². The van der Waals surface area contributed by atoms with E-state index in [0.29, 0.717) is 13.2 Å². The van der Waals surface area contributed by atoms with Crippen LogP contribution in [0, 0.1) is 5.41 Å². The molecule has 0 bridgehead atoms. The predicted molar refractivity (Wildman–Crippen MR) is 43.8 cm³/mol. The molecule has 1 saturated heterocycles. The molecule has 1 heterocycles. The van der Waals surface area contributed by atoms with E-state index in [1.165, 1.54) is 0 Å². The zero-order valence-corrected chi connectivity index (χ0v) is 7.19. The number of nitrogens with zero attached hydrogens (tertiary/aromatic N) is 3. The van der Waals surface area contributed by atoms with Gasteiger partial charge < -0.3 is 9.47 Å². The maximum absolute atomic E-state index is 8.08. The first-order chi connectivity index (χ1) is 5.83. The van der Waals surface area contributed by atoms with Crippen molar-refractivity contribution in [3.8, 4) is 0 Å². The van der Waals surface area contributed by atoms with Gasteiger partial charge in [-0.2, -0.15) is 0 Å². The van der Waals surface area contributed by atoms with Gasteiger partial charge >= 0.3 is 0 Å². The SMILES string of the molecule is COCC1(CCN=[N+]=[N-])COC1. The van der Waals surface area contributed by atoms with Crippen molar-refractivity contribution in [2.45, 2.75) is 6.42 Å². The van der Waals surface area contributed by atoms with E-state index >= 15 is 0 Å². The first-order valence-corrected chi connectivity index (χ1v) is 3.90. The van der Waals surface area contributed by atoms with E-state index in [9.17, 15) is 0 Å². The summed E-state index contributed by atoms with van der Waals surface area (Å²) in [5, 5.41) is 3.49.